The van der Waals surface area contributed by atoms with Gasteiger partial charge in [-0.1, -0.05) is 61.9 Å². The highest BCUT2D eigenvalue weighted by Crippen LogP contribution is 2.31. The van der Waals surface area contributed by atoms with Gasteiger partial charge in [-0.05, 0) is 48.9 Å². The Morgan fingerprint density at radius 2 is 1.69 bits per heavy atom. The summed E-state index contributed by atoms with van der Waals surface area (Å²) >= 11 is 0. The molecule has 2 aromatic rings. The molecule has 1 heterocycles. The van der Waals surface area contributed by atoms with Gasteiger partial charge in [0.15, 0.2) is 0 Å². The van der Waals surface area contributed by atoms with Crippen LogP contribution in [-0.4, -0.2) is 16.8 Å². The zero-order valence-electron chi connectivity index (χ0n) is 16.1. The van der Waals surface area contributed by atoms with Crippen molar-refractivity contribution in [3.8, 4) is 0 Å². The van der Waals surface area contributed by atoms with Crippen molar-refractivity contribution < 1.29 is 9.59 Å². The van der Waals surface area contributed by atoms with Gasteiger partial charge in [0, 0.05) is 0 Å². The molecular formula is C22H26N2O2. The van der Waals surface area contributed by atoms with Gasteiger partial charge in [-0.2, -0.15) is 0 Å². The molecule has 1 atom stereocenters. The molecule has 0 aromatic heterocycles. The van der Waals surface area contributed by atoms with E-state index in [9.17, 15) is 9.59 Å². The summed E-state index contributed by atoms with van der Waals surface area (Å²) in [7, 11) is 0. The predicted molar refractivity (Wildman–Crippen MR) is 103 cm³/mol. The molecule has 1 aliphatic heterocycles. The fourth-order valence-corrected chi connectivity index (χ4v) is 3.38. The molecule has 2 aromatic carbocycles. The average molecular weight is 350 g/mol. The van der Waals surface area contributed by atoms with Crippen LogP contribution in [0.2, 0.25) is 0 Å². The van der Waals surface area contributed by atoms with Crippen LogP contribution in [0.4, 0.5) is 4.79 Å². The van der Waals surface area contributed by atoms with Crippen molar-refractivity contribution in [2.45, 2.75) is 52.6 Å². The van der Waals surface area contributed by atoms with E-state index in [2.05, 4.69) is 19.2 Å². The maximum absolute atomic E-state index is 13.1. The quantitative estimate of drug-likeness (QED) is 0.831. The van der Waals surface area contributed by atoms with Crippen LogP contribution in [0.5, 0.6) is 0 Å². The Balaban J connectivity index is 1.89. The van der Waals surface area contributed by atoms with Gasteiger partial charge in [0.2, 0.25) is 0 Å². The lowest BCUT2D eigenvalue weighted by molar-refractivity contribution is -0.131. The molecule has 0 aliphatic carbocycles. The van der Waals surface area contributed by atoms with E-state index in [-0.39, 0.29) is 18.5 Å². The molecule has 1 N–H and O–H groups in total. The molecule has 1 aliphatic rings. The number of nitrogens with one attached hydrogen (secondary N) is 1. The Kier molecular flexibility index (Phi) is 4.61. The van der Waals surface area contributed by atoms with Crippen molar-refractivity contribution in [2.24, 2.45) is 0 Å². The van der Waals surface area contributed by atoms with Gasteiger partial charge in [-0.15, -0.1) is 0 Å². The summed E-state index contributed by atoms with van der Waals surface area (Å²) in [5.74, 6) is 0.215. The number of benzene rings is 2. The average Bonchev–Trinajstić information content (AvgIpc) is 2.82. The van der Waals surface area contributed by atoms with Crippen LogP contribution in [0.1, 0.15) is 54.5 Å². The van der Waals surface area contributed by atoms with Crippen LogP contribution >= 0.6 is 0 Å². The lowest BCUT2D eigenvalue weighted by atomic mass is 9.90. The maximum Gasteiger partial charge on any atom is 0.325 e. The number of hydrogen-bond acceptors (Lipinski definition) is 2. The van der Waals surface area contributed by atoms with Gasteiger partial charge >= 0.3 is 6.03 Å². The van der Waals surface area contributed by atoms with E-state index in [1.165, 1.54) is 10.5 Å². The highest BCUT2D eigenvalue weighted by atomic mass is 16.2. The molecule has 0 bridgehead atoms. The van der Waals surface area contributed by atoms with E-state index in [1.807, 2.05) is 56.3 Å². The molecule has 3 rings (SSSR count). The van der Waals surface area contributed by atoms with Crippen molar-refractivity contribution >= 4 is 11.9 Å². The Hall–Kier alpha value is -2.62. The summed E-state index contributed by atoms with van der Waals surface area (Å²) in [6.45, 7) is 10.3. The summed E-state index contributed by atoms with van der Waals surface area (Å²) in [6, 6.07) is 13.7. The number of urea groups is 1. The SMILES string of the molecule is Cc1ccc(C)c(CN2C(=O)N[C@@](C)(c3ccc(C(C)C)cc3)C2=O)c1. The minimum Gasteiger partial charge on any atom is -0.319 e. The smallest absolute Gasteiger partial charge is 0.319 e. The molecule has 1 fully saturated rings. The lowest BCUT2D eigenvalue weighted by Gasteiger charge is -2.23. The molecule has 0 spiro atoms. The summed E-state index contributed by atoms with van der Waals surface area (Å²) < 4.78 is 0. The molecule has 4 nitrogen and oxygen atoms in total. The maximum atomic E-state index is 13.1. The Morgan fingerprint density at radius 3 is 2.31 bits per heavy atom. The minimum atomic E-state index is -1.02. The molecule has 1 saturated heterocycles. The number of carbonyl (C=O) groups is 2. The second kappa shape index (κ2) is 6.60. The third-order valence-corrected chi connectivity index (χ3v) is 5.26. The lowest BCUT2D eigenvalue weighted by Crippen LogP contribution is -2.40. The number of aryl methyl sites for hydroxylation is 2. The van der Waals surface area contributed by atoms with Crippen molar-refractivity contribution in [1.29, 1.82) is 0 Å². The number of nitrogens with zero attached hydrogens (tertiary/aromatic N) is 1. The summed E-state index contributed by atoms with van der Waals surface area (Å²) in [5, 5.41) is 2.89. The first-order valence-electron chi connectivity index (χ1n) is 9.03. The number of hydrogen-bond donors (Lipinski definition) is 1. The van der Waals surface area contributed by atoms with Crippen LogP contribution < -0.4 is 5.32 Å². The van der Waals surface area contributed by atoms with Gasteiger partial charge in [0.05, 0.1) is 6.54 Å². The summed E-state index contributed by atoms with van der Waals surface area (Å²) in [4.78, 5) is 27.0. The number of imide groups is 1. The molecule has 26 heavy (non-hydrogen) atoms. The number of amides is 3. The molecule has 0 radical (unpaired) electrons. The van der Waals surface area contributed by atoms with E-state index < -0.39 is 5.54 Å². The van der Waals surface area contributed by atoms with Gasteiger partial charge < -0.3 is 5.32 Å². The van der Waals surface area contributed by atoms with Gasteiger partial charge in [-0.25, -0.2) is 4.79 Å². The van der Waals surface area contributed by atoms with E-state index >= 15 is 0 Å². The minimum absolute atomic E-state index is 0.208. The normalized spacial score (nSPS) is 20.0. The standard InChI is InChI=1S/C22H26N2O2/c1-14(2)17-8-10-19(11-9-17)22(5)20(25)24(21(26)23-22)13-18-12-15(3)6-7-16(18)4/h6-12,14H,13H2,1-5H3,(H,23,26)/t22-/m0/s1. The van der Waals surface area contributed by atoms with Gasteiger partial charge in [0.1, 0.15) is 5.54 Å². The van der Waals surface area contributed by atoms with Crippen molar-refractivity contribution in [1.82, 2.24) is 10.2 Å². The molecule has 0 unspecified atom stereocenters. The van der Waals surface area contributed by atoms with E-state index in [1.54, 1.807) is 6.92 Å². The second-order valence-corrected chi connectivity index (χ2v) is 7.65. The first-order valence-corrected chi connectivity index (χ1v) is 9.03. The second-order valence-electron chi connectivity index (χ2n) is 7.65. The molecular weight excluding hydrogens is 324 g/mol. The largest absolute Gasteiger partial charge is 0.325 e. The Labute approximate surface area is 155 Å². The van der Waals surface area contributed by atoms with Crippen LogP contribution in [0.15, 0.2) is 42.5 Å². The zero-order valence-corrected chi connectivity index (χ0v) is 16.1. The Morgan fingerprint density at radius 1 is 1.04 bits per heavy atom. The van der Waals surface area contributed by atoms with Crippen molar-refractivity contribution in [3.63, 3.8) is 0 Å². The van der Waals surface area contributed by atoms with Crippen LogP contribution in [0.25, 0.3) is 0 Å². The third-order valence-electron chi connectivity index (χ3n) is 5.26. The molecule has 136 valence electrons. The number of rotatable bonds is 4. The van der Waals surface area contributed by atoms with E-state index in [0.717, 1.165) is 22.3 Å². The van der Waals surface area contributed by atoms with E-state index in [0.29, 0.717) is 5.92 Å². The first-order chi connectivity index (χ1) is 12.2. The highest BCUT2D eigenvalue weighted by Gasteiger charge is 2.48. The van der Waals surface area contributed by atoms with Gasteiger partial charge in [-0.3, -0.25) is 9.69 Å². The topological polar surface area (TPSA) is 49.4 Å². The number of carbonyl (C=O) groups excluding carboxylic acids is 2. The molecule has 0 saturated carbocycles. The van der Waals surface area contributed by atoms with Crippen LogP contribution in [0, 0.1) is 13.8 Å². The van der Waals surface area contributed by atoms with Crippen molar-refractivity contribution in [2.75, 3.05) is 0 Å². The third kappa shape index (κ3) is 3.12. The Bertz CT molecular complexity index is 855. The first kappa shape index (κ1) is 18.2. The molecule has 4 heteroatoms. The highest BCUT2D eigenvalue weighted by molar-refractivity contribution is 6.07. The summed E-state index contributed by atoms with van der Waals surface area (Å²) in [6.07, 6.45) is 0. The predicted octanol–water partition coefficient (Wildman–Crippen LogP) is 4.39. The summed E-state index contributed by atoms with van der Waals surface area (Å²) in [5.41, 5.74) is 4.18. The fraction of sp³-hybridized carbons (Fsp3) is 0.364. The zero-order chi connectivity index (χ0) is 19.1. The van der Waals surface area contributed by atoms with Crippen molar-refractivity contribution in [3.05, 3.63) is 70.3 Å². The van der Waals surface area contributed by atoms with E-state index in [4.69, 9.17) is 0 Å². The van der Waals surface area contributed by atoms with Gasteiger partial charge in [0.25, 0.3) is 5.91 Å². The monoisotopic (exact) mass is 350 g/mol. The van der Waals surface area contributed by atoms with Crippen LogP contribution in [0.3, 0.4) is 0 Å². The molecule has 3 amide bonds. The fourth-order valence-electron chi connectivity index (χ4n) is 3.38. The van der Waals surface area contributed by atoms with Crippen LogP contribution in [-0.2, 0) is 16.9 Å².